The van der Waals surface area contributed by atoms with Crippen LogP contribution in [0.5, 0.6) is 0 Å². The molecule has 1 atom stereocenters. The summed E-state index contributed by atoms with van der Waals surface area (Å²) in [5, 5.41) is 11.4. The van der Waals surface area contributed by atoms with Crippen LogP contribution in [0.2, 0.25) is 0 Å². The highest BCUT2D eigenvalue weighted by Gasteiger charge is 2.19. The third-order valence-corrected chi connectivity index (χ3v) is 8.53. The Morgan fingerprint density at radius 3 is 1.76 bits per heavy atom. The third kappa shape index (κ3) is 4.80. The zero-order valence-electron chi connectivity index (χ0n) is 18.6. The Labute approximate surface area is 177 Å². The summed E-state index contributed by atoms with van der Waals surface area (Å²) in [6.07, 6.45) is 2.15. The first-order valence-electron chi connectivity index (χ1n) is 10.4. The molecule has 0 saturated heterocycles. The van der Waals surface area contributed by atoms with Crippen LogP contribution >= 0.6 is 7.92 Å². The van der Waals surface area contributed by atoms with Crippen LogP contribution in [0.3, 0.4) is 0 Å². The molecule has 3 aromatic carbocycles. The standard InChI is InChI=1S/C27H33OP/c1-18-12-19(2)26(20(3)13-18)16-29(24-10-8-7-9-11-24)17-27-22(5)14-21(4)25(15-28)23(27)6/h7-14,28H,15-17H2,1-6H3. The van der Waals surface area contributed by atoms with Gasteiger partial charge in [0.15, 0.2) is 0 Å². The molecule has 1 N–H and O–H groups in total. The van der Waals surface area contributed by atoms with Gasteiger partial charge in [-0.2, -0.15) is 0 Å². The second kappa shape index (κ2) is 9.24. The zero-order chi connectivity index (χ0) is 21.1. The topological polar surface area (TPSA) is 20.2 Å². The molecule has 2 heteroatoms. The van der Waals surface area contributed by atoms with E-state index in [0.717, 1.165) is 17.9 Å². The average Bonchev–Trinajstić information content (AvgIpc) is 2.67. The molecular weight excluding hydrogens is 371 g/mol. The number of hydrogen-bond donors (Lipinski definition) is 1. The molecule has 0 aliphatic rings. The number of hydrogen-bond acceptors (Lipinski definition) is 1. The van der Waals surface area contributed by atoms with Gasteiger partial charge in [0.1, 0.15) is 0 Å². The number of benzene rings is 3. The fourth-order valence-electron chi connectivity index (χ4n) is 4.48. The van der Waals surface area contributed by atoms with Crippen LogP contribution in [0, 0.1) is 41.5 Å². The molecule has 0 aliphatic heterocycles. The second-order valence-corrected chi connectivity index (χ2v) is 10.5. The molecule has 29 heavy (non-hydrogen) atoms. The average molecular weight is 405 g/mol. The molecule has 0 spiro atoms. The monoisotopic (exact) mass is 404 g/mol. The van der Waals surface area contributed by atoms with Crippen LogP contribution in [-0.2, 0) is 18.9 Å². The molecule has 0 fully saturated rings. The first-order chi connectivity index (χ1) is 13.8. The summed E-state index contributed by atoms with van der Waals surface area (Å²) < 4.78 is 0. The van der Waals surface area contributed by atoms with Crippen molar-refractivity contribution in [1.29, 1.82) is 0 Å². The maximum Gasteiger partial charge on any atom is 0.0687 e. The molecule has 152 valence electrons. The number of rotatable bonds is 6. The molecule has 1 unspecified atom stereocenters. The largest absolute Gasteiger partial charge is 0.392 e. The van der Waals surface area contributed by atoms with Gasteiger partial charge in [-0.25, -0.2) is 0 Å². The van der Waals surface area contributed by atoms with Gasteiger partial charge in [-0.05, 0) is 104 Å². The highest BCUT2D eigenvalue weighted by molar-refractivity contribution is 7.64. The number of aryl methyl sites for hydroxylation is 5. The Kier molecular flexibility index (Phi) is 6.93. The van der Waals surface area contributed by atoms with E-state index in [2.05, 4.69) is 90.1 Å². The molecule has 0 aliphatic carbocycles. The lowest BCUT2D eigenvalue weighted by Crippen LogP contribution is -2.09. The Balaban J connectivity index is 2.05. The van der Waals surface area contributed by atoms with Gasteiger partial charge in [-0.3, -0.25) is 0 Å². The van der Waals surface area contributed by atoms with Gasteiger partial charge in [0.05, 0.1) is 6.61 Å². The molecule has 3 rings (SSSR count). The minimum Gasteiger partial charge on any atom is -0.392 e. The number of aliphatic hydroxyl groups is 1. The van der Waals surface area contributed by atoms with Crippen molar-refractivity contribution in [2.75, 3.05) is 0 Å². The summed E-state index contributed by atoms with van der Waals surface area (Å²) in [7, 11) is -0.391. The SMILES string of the molecule is Cc1cc(C)c(CP(Cc2c(C)cc(C)c(CO)c2C)c2ccccc2)c(C)c1. The Morgan fingerprint density at radius 1 is 0.655 bits per heavy atom. The van der Waals surface area contributed by atoms with Crippen molar-refractivity contribution in [3.63, 3.8) is 0 Å². The predicted molar refractivity (Wildman–Crippen MR) is 128 cm³/mol. The van der Waals surface area contributed by atoms with Crippen LogP contribution in [0.15, 0.2) is 48.5 Å². The van der Waals surface area contributed by atoms with Gasteiger partial charge in [0.25, 0.3) is 0 Å². The maximum atomic E-state index is 9.91. The summed E-state index contributed by atoms with van der Waals surface area (Å²) >= 11 is 0. The fourth-order valence-corrected chi connectivity index (χ4v) is 7.30. The van der Waals surface area contributed by atoms with Crippen molar-refractivity contribution in [2.24, 2.45) is 0 Å². The fraction of sp³-hybridized carbons (Fsp3) is 0.333. The first-order valence-corrected chi connectivity index (χ1v) is 12.1. The van der Waals surface area contributed by atoms with Gasteiger partial charge < -0.3 is 5.11 Å². The highest BCUT2D eigenvalue weighted by atomic mass is 31.1. The second-order valence-electron chi connectivity index (χ2n) is 8.32. The van der Waals surface area contributed by atoms with Gasteiger partial charge in [-0.15, -0.1) is 0 Å². The molecule has 0 aromatic heterocycles. The summed E-state index contributed by atoms with van der Waals surface area (Å²) in [5.74, 6) is 0. The molecule has 0 bridgehead atoms. The Morgan fingerprint density at radius 2 is 1.17 bits per heavy atom. The van der Waals surface area contributed by atoms with E-state index >= 15 is 0 Å². The van der Waals surface area contributed by atoms with E-state index in [1.807, 2.05) is 0 Å². The van der Waals surface area contributed by atoms with Crippen molar-refractivity contribution < 1.29 is 5.11 Å². The van der Waals surface area contributed by atoms with E-state index < -0.39 is 7.92 Å². The van der Waals surface area contributed by atoms with E-state index in [4.69, 9.17) is 0 Å². The molecule has 0 amide bonds. The van der Waals surface area contributed by atoms with Crippen molar-refractivity contribution in [3.05, 3.63) is 98.6 Å². The van der Waals surface area contributed by atoms with Gasteiger partial charge in [0, 0.05) is 0 Å². The summed E-state index contributed by atoms with van der Waals surface area (Å²) in [5.41, 5.74) is 12.0. The third-order valence-electron chi connectivity index (χ3n) is 6.11. The Bertz CT molecular complexity index is 982. The van der Waals surface area contributed by atoms with Crippen molar-refractivity contribution in [2.45, 2.75) is 60.5 Å². The number of aliphatic hydroxyl groups excluding tert-OH is 1. The molecule has 3 aromatic rings. The first kappa shape index (κ1) is 21.8. The minimum atomic E-state index is -0.391. The molecule has 1 nitrogen and oxygen atoms in total. The zero-order valence-corrected chi connectivity index (χ0v) is 19.5. The van der Waals surface area contributed by atoms with E-state index in [1.165, 1.54) is 49.8 Å². The lowest BCUT2D eigenvalue weighted by molar-refractivity contribution is 0.280. The van der Waals surface area contributed by atoms with Crippen LogP contribution in [0.4, 0.5) is 0 Å². The molecule has 0 saturated carbocycles. The highest BCUT2D eigenvalue weighted by Crippen LogP contribution is 2.45. The normalized spacial score (nSPS) is 12.2. The Hall–Kier alpha value is -1.95. The van der Waals surface area contributed by atoms with E-state index in [0.29, 0.717) is 0 Å². The van der Waals surface area contributed by atoms with Crippen molar-refractivity contribution in [1.82, 2.24) is 0 Å². The van der Waals surface area contributed by atoms with E-state index in [-0.39, 0.29) is 6.61 Å². The lowest BCUT2D eigenvalue weighted by atomic mass is 9.95. The van der Waals surface area contributed by atoms with E-state index in [1.54, 1.807) is 0 Å². The van der Waals surface area contributed by atoms with Crippen LogP contribution in [-0.4, -0.2) is 5.11 Å². The van der Waals surface area contributed by atoms with Crippen LogP contribution in [0.1, 0.15) is 50.1 Å². The molecule has 0 radical (unpaired) electrons. The maximum absolute atomic E-state index is 9.91. The van der Waals surface area contributed by atoms with Gasteiger partial charge >= 0.3 is 0 Å². The van der Waals surface area contributed by atoms with Crippen molar-refractivity contribution in [3.8, 4) is 0 Å². The van der Waals surface area contributed by atoms with E-state index in [9.17, 15) is 5.11 Å². The van der Waals surface area contributed by atoms with Gasteiger partial charge in [0.2, 0.25) is 0 Å². The van der Waals surface area contributed by atoms with Crippen LogP contribution < -0.4 is 5.30 Å². The smallest absolute Gasteiger partial charge is 0.0687 e. The summed E-state index contributed by atoms with van der Waals surface area (Å²) in [6, 6.07) is 17.9. The quantitative estimate of drug-likeness (QED) is 0.463. The predicted octanol–water partition coefficient (Wildman–Crippen LogP) is 6.54. The van der Waals surface area contributed by atoms with Gasteiger partial charge in [-0.1, -0.05) is 62.0 Å². The lowest BCUT2D eigenvalue weighted by Gasteiger charge is -2.24. The van der Waals surface area contributed by atoms with Crippen molar-refractivity contribution >= 4 is 13.2 Å². The summed E-state index contributed by atoms with van der Waals surface area (Å²) in [4.78, 5) is 0. The van der Waals surface area contributed by atoms with Crippen LogP contribution in [0.25, 0.3) is 0 Å². The molecular formula is C27H33OP. The minimum absolute atomic E-state index is 0.115. The summed E-state index contributed by atoms with van der Waals surface area (Å²) in [6.45, 7) is 13.3. The molecule has 0 heterocycles.